The van der Waals surface area contributed by atoms with Crippen LogP contribution in [0, 0.1) is 5.82 Å². The summed E-state index contributed by atoms with van der Waals surface area (Å²) < 4.78 is 25.0. The minimum absolute atomic E-state index is 0.120. The third kappa shape index (κ3) is 5.11. The molecule has 0 saturated heterocycles. The summed E-state index contributed by atoms with van der Waals surface area (Å²) >= 11 is 5.98. The number of hydrogen-bond donors (Lipinski definition) is 1. The fourth-order valence-electron chi connectivity index (χ4n) is 2.57. The molecule has 0 aliphatic heterocycles. The number of rotatable bonds is 8. The van der Waals surface area contributed by atoms with Crippen molar-refractivity contribution in [1.29, 1.82) is 0 Å². The summed E-state index contributed by atoms with van der Waals surface area (Å²) in [4.78, 5) is 12.3. The third-order valence-electron chi connectivity index (χ3n) is 3.84. The molecule has 4 nitrogen and oxygen atoms in total. The largest absolute Gasteiger partial charge is 0.490 e. The van der Waals surface area contributed by atoms with Crippen LogP contribution >= 0.6 is 11.6 Å². The summed E-state index contributed by atoms with van der Waals surface area (Å²) in [6.07, 6.45) is -0.120. The third-order valence-corrected chi connectivity index (χ3v) is 4.20. The van der Waals surface area contributed by atoms with Crippen molar-refractivity contribution >= 4 is 17.5 Å². The summed E-state index contributed by atoms with van der Waals surface area (Å²) in [5.74, 6) is 0.496. The van der Waals surface area contributed by atoms with Gasteiger partial charge in [-0.25, -0.2) is 4.39 Å². The monoisotopic (exact) mass is 379 g/mol. The summed E-state index contributed by atoms with van der Waals surface area (Å²) in [7, 11) is 0. The van der Waals surface area contributed by atoms with Gasteiger partial charge in [0.1, 0.15) is 5.82 Å². The lowest BCUT2D eigenvalue weighted by molar-refractivity contribution is -0.121. The van der Waals surface area contributed by atoms with E-state index >= 15 is 0 Å². The Morgan fingerprint density at radius 3 is 2.50 bits per heavy atom. The van der Waals surface area contributed by atoms with Crippen LogP contribution in [0.15, 0.2) is 36.4 Å². The lowest BCUT2D eigenvalue weighted by Crippen LogP contribution is -2.28. The molecule has 1 N–H and O–H groups in total. The first-order valence-corrected chi connectivity index (χ1v) is 8.95. The van der Waals surface area contributed by atoms with Gasteiger partial charge in [0.15, 0.2) is 11.5 Å². The quantitative estimate of drug-likeness (QED) is 0.723. The SMILES string of the molecule is CCOc1ccc([C@@H](C)NC(=O)Cc2c(F)cccc2Cl)cc1OCC. The van der Waals surface area contributed by atoms with Gasteiger partial charge in [-0.2, -0.15) is 0 Å². The Balaban J connectivity index is 2.10. The van der Waals surface area contributed by atoms with E-state index in [1.54, 1.807) is 6.07 Å². The maximum absolute atomic E-state index is 13.8. The molecular formula is C20H23ClFNO3. The topological polar surface area (TPSA) is 47.6 Å². The van der Waals surface area contributed by atoms with Gasteiger partial charge in [-0.15, -0.1) is 0 Å². The number of amides is 1. The van der Waals surface area contributed by atoms with E-state index < -0.39 is 5.82 Å². The van der Waals surface area contributed by atoms with Gasteiger partial charge in [-0.3, -0.25) is 4.79 Å². The molecule has 0 radical (unpaired) electrons. The van der Waals surface area contributed by atoms with Crippen molar-refractivity contribution in [3.63, 3.8) is 0 Å². The second-order valence-electron chi connectivity index (χ2n) is 5.74. The lowest BCUT2D eigenvalue weighted by atomic mass is 10.1. The van der Waals surface area contributed by atoms with Crippen molar-refractivity contribution in [2.75, 3.05) is 13.2 Å². The molecule has 0 heterocycles. The summed E-state index contributed by atoms with van der Waals surface area (Å²) in [5, 5.41) is 3.10. The number of benzene rings is 2. The Morgan fingerprint density at radius 2 is 1.85 bits per heavy atom. The Hall–Kier alpha value is -2.27. The van der Waals surface area contributed by atoms with Crippen molar-refractivity contribution in [2.45, 2.75) is 33.2 Å². The highest BCUT2D eigenvalue weighted by molar-refractivity contribution is 6.31. The molecule has 0 saturated carbocycles. The van der Waals surface area contributed by atoms with Crippen molar-refractivity contribution in [2.24, 2.45) is 0 Å². The van der Waals surface area contributed by atoms with Gasteiger partial charge in [-0.1, -0.05) is 23.7 Å². The summed E-state index contributed by atoms with van der Waals surface area (Å²) in [6, 6.07) is 9.63. The lowest BCUT2D eigenvalue weighted by Gasteiger charge is -2.18. The van der Waals surface area contributed by atoms with Gasteiger partial charge in [0.05, 0.1) is 25.7 Å². The molecule has 0 spiro atoms. The second-order valence-corrected chi connectivity index (χ2v) is 6.15. The van der Waals surface area contributed by atoms with Crippen LogP contribution in [0.4, 0.5) is 4.39 Å². The Labute approximate surface area is 158 Å². The highest BCUT2D eigenvalue weighted by Crippen LogP contribution is 2.30. The fraction of sp³-hybridized carbons (Fsp3) is 0.350. The number of carbonyl (C=O) groups excluding carboxylic acids is 1. The predicted octanol–water partition coefficient (Wildman–Crippen LogP) is 4.70. The van der Waals surface area contributed by atoms with Crippen LogP contribution in [0.2, 0.25) is 5.02 Å². The van der Waals surface area contributed by atoms with Crippen LogP contribution in [0.3, 0.4) is 0 Å². The molecule has 0 fully saturated rings. The zero-order valence-corrected chi connectivity index (χ0v) is 15.9. The van der Waals surface area contributed by atoms with Gasteiger partial charge in [-0.05, 0) is 50.6 Å². The Morgan fingerprint density at radius 1 is 1.15 bits per heavy atom. The molecule has 2 aromatic carbocycles. The molecule has 1 atom stereocenters. The highest BCUT2D eigenvalue weighted by atomic mass is 35.5. The molecule has 1 amide bonds. The van der Waals surface area contributed by atoms with Crippen molar-refractivity contribution < 1.29 is 18.7 Å². The van der Waals surface area contributed by atoms with Crippen LogP contribution in [-0.2, 0) is 11.2 Å². The second kappa shape index (κ2) is 9.43. The molecule has 0 aliphatic carbocycles. The van der Waals surface area contributed by atoms with E-state index in [2.05, 4.69) is 5.32 Å². The smallest absolute Gasteiger partial charge is 0.225 e. The Kier molecular flexibility index (Phi) is 7.27. The van der Waals surface area contributed by atoms with E-state index in [9.17, 15) is 9.18 Å². The zero-order chi connectivity index (χ0) is 19.1. The van der Waals surface area contributed by atoms with Gasteiger partial charge in [0.25, 0.3) is 0 Å². The molecule has 0 aromatic heterocycles. The van der Waals surface area contributed by atoms with E-state index in [4.69, 9.17) is 21.1 Å². The first-order chi connectivity index (χ1) is 12.5. The van der Waals surface area contributed by atoms with Gasteiger partial charge in [0, 0.05) is 10.6 Å². The molecule has 2 aromatic rings. The van der Waals surface area contributed by atoms with Crippen LogP contribution in [0.1, 0.15) is 37.9 Å². The number of nitrogens with one attached hydrogen (secondary N) is 1. The van der Waals surface area contributed by atoms with Crippen LogP contribution in [0.5, 0.6) is 11.5 Å². The average molecular weight is 380 g/mol. The van der Waals surface area contributed by atoms with Gasteiger partial charge >= 0.3 is 0 Å². The number of carbonyl (C=O) groups is 1. The summed E-state index contributed by atoms with van der Waals surface area (Å²) in [5.41, 5.74) is 1.06. The van der Waals surface area contributed by atoms with Crippen LogP contribution in [0.25, 0.3) is 0 Å². The van der Waals surface area contributed by atoms with Gasteiger partial charge < -0.3 is 14.8 Å². The number of hydrogen-bond acceptors (Lipinski definition) is 3. The van der Waals surface area contributed by atoms with E-state index in [1.807, 2.05) is 39.0 Å². The minimum atomic E-state index is -0.486. The molecule has 6 heteroatoms. The predicted molar refractivity (Wildman–Crippen MR) is 100 cm³/mol. The van der Waals surface area contributed by atoms with Crippen LogP contribution in [-0.4, -0.2) is 19.1 Å². The maximum Gasteiger partial charge on any atom is 0.225 e. The summed E-state index contributed by atoms with van der Waals surface area (Å²) in [6.45, 7) is 6.70. The normalized spacial score (nSPS) is 11.7. The van der Waals surface area contributed by atoms with E-state index in [1.165, 1.54) is 12.1 Å². The minimum Gasteiger partial charge on any atom is -0.490 e. The van der Waals surface area contributed by atoms with Gasteiger partial charge in [0.2, 0.25) is 5.91 Å². The maximum atomic E-state index is 13.8. The van der Waals surface area contributed by atoms with Crippen molar-refractivity contribution in [3.8, 4) is 11.5 Å². The van der Waals surface area contributed by atoms with E-state index in [0.717, 1.165) is 5.56 Å². The van der Waals surface area contributed by atoms with Crippen molar-refractivity contribution in [3.05, 3.63) is 58.4 Å². The molecule has 2 rings (SSSR count). The molecule has 0 aliphatic rings. The van der Waals surface area contributed by atoms with E-state index in [0.29, 0.717) is 24.7 Å². The molecule has 0 unspecified atom stereocenters. The highest BCUT2D eigenvalue weighted by Gasteiger charge is 2.16. The molecule has 0 bridgehead atoms. The molecular weight excluding hydrogens is 357 g/mol. The standard InChI is InChI=1S/C20H23ClFNO3/c1-4-25-18-10-9-14(11-19(18)26-5-2)13(3)23-20(24)12-15-16(21)7-6-8-17(15)22/h6-11,13H,4-5,12H2,1-3H3,(H,23,24)/t13-/m1/s1. The van der Waals surface area contributed by atoms with Crippen LogP contribution < -0.4 is 14.8 Å². The van der Waals surface area contributed by atoms with Crippen molar-refractivity contribution in [1.82, 2.24) is 5.32 Å². The molecule has 26 heavy (non-hydrogen) atoms. The average Bonchev–Trinajstić information content (AvgIpc) is 2.60. The molecule has 140 valence electrons. The van der Waals surface area contributed by atoms with E-state index in [-0.39, 0.29) is 29.0 Å². The first-order valence-electron chi connectivity index (χ1n) is 8.58. The first kappa shape index (κ1) is 20.0. The Bertz CT molecular complexity index is 746. The fourth-order valence-corrected chi connectivity index (χ4v) is 2.80. The number of ether oxygens (including phenoxy) is 2. The zero-order valence-electron chi connectivity index (χ0n) is 15.1. The number of halogens is 2.